The number of hydrogen-bond donors (Lipinski definition) is 0. The van der Waals surface area contributed by atoms with E-state index >= 15 is 0 Å². The fourth-order valence-electron chi connectivity index (χ4n) is 2.36. The molecule has 22 heavy (non-hydrogen) atoms. The second-order valence-electron chi connectivity index (χ2n) is 4.95. The molecule has 0 radical (unpaired) electrons. The van der Waals surface area contributed by atoms with Crippen LogP contribution in [-0.2, 0) is 16.1 Å². The third-order valence-electron chi connectivity index (χ3n) is 3.47. The molecule has 2 aromatic rings. The standard InChI is InChI=1S/C17H20N2O3/c1-3-14(17(21)22-4-2)15-10-11-18-19(16(15)20)12-13-8-6-5-7-9-13/h5-11,14H,3-4,12H2,1-2H3. The maximum atomic E-state index is 12.6. The van der Waals surface area contributed by atoms with Crippen molar-refractivity contribution in [3.63, 3.8) is 0 Å². The lowest BCUT2D eigenvalue weighted by molar-refractivity contribution is -0.145. The summed E-state index contributed by atoms with van der Waals surface area (Å²) < 4.78 is 6.44. The molecule has 1 aromatic heterocycles. The minimum Gasteiger partial charge on any atom is -0.466 e. The van der Waals surface area contributed by atoms with Crippen molar-refractivity contribution in [3.8, 4) is 0 Å². The van der Waals surface area contributed by atoms with E-state index in [1.807, 2.05) is 37.3 Å². The molecule has 0 aliphatic rings. The van der Waals surface area contributed by atoms with E-state index in [0.29, 0.717) is 25.1 Å². The zero-order valence-corrected chi connectivity index (χ0v) is 12.9. The summed E-state index contributed by atoms with van der Waals surface area (Å²) in [4.78, 5) is 24.6. The fourth-order valence-corrected chi connectivity index (χ4v) is 2.36. The molecule has 116 valence electrons. The summed E-state index contributed by atoms with van der Waals surface area (Å²) in [6, 6.07) is 11.2. The average Bonchev–Trinajstić information content (AvgIpc) is 2.53. The van der Waals surface area contributed by atoms with Gasteiger partial charge in [-0.2, -0.15) is 5.10 Å². The predicted octanol–water partition coefficient (Wildman–Crippen LogP) is 2.35. The van der Waals surface area contributed by atoms with E-state index in [4.69, 9.17) is 4.74 Å². The molecule has 5 heteroatoms. The van der Waals surface area contributed by atoms with E-state index in [9.17, 15) is 9.59 Å². The highest BCUT2D eigenvalue weighted by Gasteiger charge is 2.23. The Bertz CT molecular complexity index is 680. The van der Waals surface area contributed by atoms with Gasteiger partial charge in [0.2, 0.25) is 0 Å². The molecule has 0 amide bonds. The minimum atomic E-state index is -0.544. The van der Waals surface area contributed by atoms with Gasteiger partial charge in [-0.25, -0.2) is 4.68 Å². The Labute approximate surface area is 129 Å². The number of carbonyl (C=O) groups excluding carboxylic acids is 1. The lowest BCUT2D eigenvalue weighted by Gasteiger charge is -2.14. The summed E-state index contributed by atoms with van der Waals surface area (Å²) in [5.41, 5.74) is 1.18. The number of hydrogen-bond acceptors (Lipinski definition) is 4. The Morgan fingerprint density at radius 3 is 2.59 bits per heavy atom. The van der Waals surface area contributed by atoms with E-state index in [0.717, 1.165) is 5.56 Å². The van der Waals surface area contributed by atoms with Crippen molar-refractivity contribution in [2.24, 2.45) is 0 Å². The summed E-state index contributed by atoms with van der Waals surface area (Å²) in [5, 5.41) is 4.11. The highest BCUT2D eigenvalue weighted by molar-refractivity contribution is 5.77. The van der Waals surface area contributed by atoms with Gasteiger partial charge in [-0.05, 0) is 25.0 Å². The molecule has 1 heterocycles. The number of benzene rings is 1. The van der Waals surface area contributed by atoms with Crippen LogP contribution in [0.3, 0.4) is 0 Å². The van der Waals surface area contributed by atoms with Gasteiger partial charge in [0, 0.05) is 11.8 Å². The second-order valence-corrected chi connectivity index (χ2v) is 4.95. The highest BCUT2D eigenvalue weighted by atomic mass is 16.5. The quantitative estimate of drug-likeness (QED) is 0.768. The predicted molar refractivity (Wildman–Crippen MR) is 83.7 cm³/mol. The molecule has 0 saturated heterocycles. The van der Waals surface area contributed by atoms with Crippen LogP contribution in [0.25, 0.3) is 0 Å². The van der Waals surface area contributed by atoms with Crippen LogP contribution in [0.5, 0.6) is 0 Å². The van der Waals surface area contributed by atoms with E-state index < -0.39 is 5.92 Å². The molecular weight excluding hydrogens is 280 g/mol. The maximum Gasteiger partial charge on any atom is 0.313 e. The van der Waals surface area contributed by atoms with Gasteiger partial charge in [-0.1, -0.05) is 37.3 Å². The SMILES string of the molecule is CCOC(=O)C(CC)c1ccnn(Cc2ccccc2)c1=O. The third kappa shape index (κ3) is 3.61. The largest absolute Gasteiger partial charge is 0.466 e. The maximum absolute atomic E-state index is 12.6. The van der Waals surface area contributed by atoms with E-state index in [2.05, 4.69) is 5.10 Å². The van der Waals surface area contributed by atoms with Crippen molar-refractivity contribution < 1.29 is 9.53 Å². The number of esters is 1. The number of aromatic nitrogens is 2. The molecule has 0 saturated carbocycles. The van der Waals surface area contributed by atoms with E-state index in [-0.39, 0.29) is 11.5 Å². The van der Waals surface area contributed by atoms with Crippen molar-refractivity contribution in [3.05, 3.63) is 64.1 Å². The molecule has 2 rings (SSSR count). The Morgan fingerprint density at radius 2 is 1.95 bits per heavy atom. The molecule has 0 fully saturated rings. The van der Waals surface area contributed by atoms with Gasteiger partial charge in [0.1, 0.15) is 0 Å². The van der Waals surface area contributed by atoms with Crippen LogP contribution in [0.15, 0.2) is 47.4 Å². The van der Waals surface area contributed by atoms with Gasteiger partial charge in [0.25, 0.3) is 5.56 Å². The first-order chi connectivity index (χ1) is 10.7. The third-order valence-corrected chi connectivity index (χ3v) is 3.47. The number of nitrogens with zero attached hydrogens (tertiary/aromatic N) is 2. The molecule has 0 aliphatic carbocycles. The van der Waals surface area contributed by atoms with E-state index in [1.54, 1.807) is 19.2 Å². The lowest BCUT2D eigenvalue weighted by atomic mass is 9.98. The highest BCUT2D eigenvalue weighted by Crippen LogP contribution is 2.17. The summed E-state index contributed by atoms with van der Waals surface area (Å²) in [6.45, 7) is 4.30. The Morgan fingerprint density at radius 1 is 1.23 bits per heavy atom. The Hall–Kier alpha value is -2.43. The summed E-state index contributed by atoms with van der Waals surface area (Å²) >= 11 is 0. The molecule has 0 bridgehead atoms. The lowest BCUT2D eigenvalue weighted by Crippen LogP contribution is -2.30. The zero-order valence-electron chi connectivity index (χ0n) is 12.9. The number of carbonyl (C=O) groups is 1. The van der Waals surface area contributed by atoms with Crippen LogP contribution < -0.4 is 5.56 Å². The van der Waals surface area contributed by atoms with Gasteiger partial charge < -0.3 is 4.74 Å². The van der Waals surface area contributed by atoms with Crippen LogP contribution in [0, 0.1) is 0 Å². The zero-order chi connectivity index (χ0) is 15.9. The first-order valence-electron chi connectivity index (χ1n) is 7.44. The van der Waals surface area contributed by atoms with Gasteiger partial charge in [-0.15, -0.1) is 0 Å². The number of rotatable bonds is 6. The summed E-state index contributed by atoms with van der Waals surface area (Å²) in [6.07, 6.45) is 2.07. The van der Waals surface area contributed by atoms with Crippen LogP contribution in [-0.4, -0.2) is 22.4 Å². The minimum absolute atomic E-state index is 0.244. The van der Waals surface area contributed by atoms with Crippen molar-refractivity contribution >= 4 is 5.97 Å². The van der Waals surface area contributed by atoms with Crippen molar-refractivity contribution in [1.29, 1.82) is 0 Å². The summed E-state index contributed by atoms with van der Waals surface area (Å²) in [5.74, 6) is -0.906. The van der Waals surface area contributed by atoms with Gasteiger partial charge in [0.15, 0.2) is 0 Å². The van der Waals surface area contributed by atoms with Crippen LogP contribution in [0.1, 0.15) is 37.3 Å². The van der Waals surface area contributed by atoms with Crippen molar-refractivity contribution in [2.45, 2.75) is 32.7 Å². The van der Waals surface area contributed by atoms with Crippen LogP contribution >= 0.6 is 0 Å². The average molecular weight is 300 g/mol. The fraction of sp³-hybridized carbons (Fsp3) is 0.353. The van der Waals surface area contributed by atoms with Crippen molar-refractivity contribution in [1.82, 2.24) is 9.78 Å². The molecule has 1 aromatic carbocycles. The molecule has 0 N–H and O–H groups in total. The van der Waals surface area contributed by atoms with Gasteiger partial charge in [-0.3, -0.25) is 9.59 Å². The number of ether oxygens (including phenoxy) is 1. The second kappa shape index (κ2) is 7.54. The van der Waals surface area contributed by atoms with Crippen LogP contribution in [0.2, 0.25) is 0 Å². The van der Waals surface area contributed by atoms with Gasteiger partial charge >= 0.3 is 5.97 Å². The molecule has 0 aliphatic heterocycles. The Kier molecular flexibility index (Phi) is 5.47. The Balaban J connectivity index is 2.32. The molecule has 1 atom stereocenters. The molecule has 5 nitrogen and oxygen atoms in total. The monoisotopic (exact) mass is 300 g/mol. The first kappa shape index (κ1) is 15.9. The molecule has 0 spiro atoms. The first-order valence-corrected chi connectivity index (χ1v) is 7.44. The van der Waals surface area contributed by atoms with Gasteiger partial charge in [0.05, 0.1) is 19.1 Å². The van der Waals surface area contributed by atoms with Crippen molar-refractivity contribution in [2.75, 3.05) is 6.61 Å². The molecular formula is C17H20N2O3. The normalized spacial score (nSPS) is 11.9. The molecule has 1 unspecified atom stereocenters. The summed E-state index contributed by atoms with van der Waals surface area (Å²) in [7, 11) is 0. The smallest absolute Gasteiger partial charge is 0.313 e. The van der Waals surface area contributed by atoms with E-state index in [1.165, 1.54) is 4.68 Å². The van der Waals surface area contributed by atoms with Crippen LogP contribution in [0.4, 0.5) is 0 Å². The topological polar surface area (TPSA) is 61.2 Å².